The fraction of sp³-hybridized carbons (Fsp3) is 0.143. The molecule has 2 aromatic carbocycles. The van der Waals surface area contributed by atoms with E-state index in [1.807, 2.05) is 42.5 Å². The van der Waals surface area contributed by atoms with Gasteiger partial charge in [0.25, 0.3) is 0 Å². The highest BCUT2D eigenvalue weighted by Crippen LogP contribution is 2.36. The zero-order valence-corrected chi connectivity index (χ0v) is 15.7. The molecule has 1 aliphatic rings. The molecule has 0 amide bonds. The molecule has 0 fully saturated rings. The second-order valence-corrected chi connectivity index (χ2v) is 7.50. The first-order chi connectivity index (χ1) is 13.8. The van der Waals surface area contributed by atoms with Gasteiger partial charge >= 0.3 is 0 Å². The van der Waals surface area contributed by atoms with Crippen LogP contribution in [0.3, 0.4) is 0 Å². The van der Waals surface area contributed by atoms with E-state index >= 15 is 0 Å². The maximum absolute atomic E-state index is 9.38. The zero-order chi connectivity index (χ0) is 18.9. The van der Waals surface area contributed by atoms with Crippen molar-refractivity contribution in [2.45, 2.75) is 13.2 Å². The Bertz CT molecular complexity index is 1160. The van der Waals surface area contributed by atoms with Gasteiger partial charge < -0.3 is 19.9 Å². The Labute approximate surface area is 165 Å². The summed E-state index contributed by atoms with van der Waals surface area (Å²) in [6, 6.07) is 15.9. The second kappa shape index (κ2) is 7.10. The van der Waals surface area contributed by atoms with Crippen LogP contribution in [0.5, 0.6) is 11.5 Å². The van der Waals surface area contributed by atoms with Gasteiger partial charge in [-0.05, 0) is 41.0 Å². The quantitative estimate of drug-likeness (QED) is 0.531. The van der Waals surface area contributed by atoms with Gasteiger partial charge in [-0.1, -0.05) is 24.3 Å². The van der Waals surface area contributed by atoms with Crippen molar-refractivity contribution < 1.29 is 14.6 Å². The fourth-order valence-corrected chi connectivity index (χ4v) is 4.26. The number of ether oxygens (including phenoxy) is 2. The average Bonchev–Trinajstić information content (AvgIpc) is 3.39. The molecular formula is C21H17N3O3S. The lowest BCUT2D eigenvalue weighted by Crippen LogP contribution is -2.01. The number of hydrogen-bond acceptors (Lipinski definition) is 7. The van der Waals surface area contributed by atoms with Crippen molar-refractivity contribution in [3.05, 3.63) is 66.0 Å². The van der Waals surface area contributed by atoms with E-state index < -0.39 is 0 Å². The average molecular weight is 391 g/mol. The highest BCUT2D eigenvalue weighted by atomic mass is 32.1. The summed E-state index contributed by atoms with van der Waals surface area (Å²) in [6.45, 7) is 0.922. The van der Waals surface area contributed by atoms with E-state index in [2.05, 4.69) is 21.4 Å². The van der Waals surface area contributed by atoms with Gasteiger partial charge in [0.15, 0.2) is 11.5 Å². The third-order valence-electron chi connectivity index (χ3n) is 4.60. The van der Waals surface area contributed by atoms with E-state index in [0.717, 1.165) is 49.1 Å². The maximum atomic E-state index is 9.38. The number of thiophene rings is 1. The van der Waals surface area contributed by atoms with Crippen molar-refractivity contribution >= 4 is 27.4 Å². The number of nitrogens with zero attached hydrogens (tertiary/aromatic N) is 2. The van der Waals surface area contributed by atoms with E-state index in [1.54, 1.807) is 17.7 Å². The number of aliphatic hydroxyl groups is 1. The molecule has 0 atom stereocenters. The first-order valence-electron chi connectivity index (χ1n) is 8.87. The van der Waals surface area contributed by atoms with Gasteiger partial charge in [0.05, 0.1) is 16.8 Å². The smallest absolute Gasteiger partial charge is 0.231 e. The number of hydrogen-bond donors (Lipinski definition) is 2. The molecule has 0 radical (unpaired) electrons. The van der Waals surface area contributed by atoms with Crippen molar-refractivity contribution in [1.82, 2.24) is 9.97 Å². The molecule has 0 spiro atoms. The largest absolute Gasteiger partial charge is 0.454 e. The Morgan fingerprint density at radius 1 is 1.00 bits per heavy atom. The summed E-state index contributed by atoms with van der Waals surface area (Å²) in [5, 5.41) is 12.8. The highest BCUT2D eigenvalue weighted by Gasteiger charge is 2.14. The predicted octanol–water partition coefficient (Wildman–Crippen LogP) is 4.19. The lowest BCUT2D eigenvalue weighted by molar-refractivity contribution is 0.174. The SMILES string of the molecule is OCc1cccc(-c2cc3ncnc(NCc4ccc5c(c4)OCO5)c3s2)c1. The topological polar surface area (TPSA) is 76.5 Å². The zero-order valence-electron chi connectivity index (χ0n) is 14.9. The van der Waals surface area contributed by atoms with E-state index in [0.29, 0.717) is 6.54 Å². The number of rotatable bonds is 5. The van der Waals surface area contributed by atoms with Gasteiger partial charge in [0.2, 0.25) is 6.79 Å². The molecule has 28 heavy (non-hydrogen) atoms. The molecule has 140 valence electrons. The van der Waals surface area contributed by atoms with Crippen molar-refractivity contribution in [2.75, 3.05) is 12.1 Å². The lowest BCUT2D eigenvalue weighted by atomic mass is 10.1. The fourth-order valence-electron chi connectivity index (χ4n) is 3.18. The number of anilines is 1. The lowest BCUT2D eigenvalue weighted by Gasteiger charge is -2.07. The third-order valence-corrected chi connectivity index (χ3v) is 5.78. The predicted molar refractivity (Wildman–Crippen MR) is 109 cm³/mol. The first kappa shape index (κ1) is 17.0. The van der Waals surface area contributed by atoms with Crippen LogP contribution in [0.25, 0.3) is 20.7 Å². The minimum absolute atomic E-state index is 0.0286. The Balaban J connectivity index is 1.42. The van der Waals surface area contributed by atoms with Crippen LogP contribution in [0.4, 0.5) is 5.82 Å². The molecule has 0 aliphatic carbocycles. The van der Waals surface area contributed by atoms with Crippen molar-refractivity contribution in [2.24, 2.45) is 0 Å². The summed E-state index contributed by atoms with van der Waals surface area (Å²) in [5.74, 6) is 2.35. The minimum atomic E-state index is 0.0286. The number of benzene rings is 2. The molecule has 2 N–H and O–H groups in total. The van der Waals surface area contributed by atoms with Crippen LogP contribution < -0.4 is 14.8 Å². The van der Waals surface area contributed by atoms with Crippen molar-refractivity contribution in [3.8, 4) is 21.9 Å². The van der Waals surface area contributed by atoms with Crippen molar-refractivity contribution in [3.63, 3.8) is 0 Å². The van der Waals surface area contributed by atoms with Crippen LogP contribution in [-0.2, 0) is 13.2 Å². The van der Waals surface area contributed by atoms with Gasteiger partial charge in [-0.15, -0.1) is 11.3 Å². The molecule has 1 aliphatic heterocycles. The molecule has 3 heterocycles. The van der Waals surface area contributed by atoms with Crippen LogP contribution in [-0.4, -0.2) is 21.9 Å². The Kier molecular flexibility index (Phi) is 4.31. The standard InChI is InChI=1S/C21H17N3O3S/c25-10-14-2-1-3-15(6-14)19-8-16-20(28-19)21(24-11-23-16)22-9-13-4-5-17-18(7-13)27-12-26-17/h1-8,11,25H,9-10,12H2,(H,22,23,24). The molecule has 4 aromatic rings. The number of nitrogens with one attached hydrogen (secondary N) is 1. The summed E-state index contributed by atoms with van der Waals surface area (Å²) >= 11 is 1.64. The van der Waals surface area contributed by atoms with Crippen LogP contribution in [0, 0.1) is 0 Å². The molecule has 0 saturated carbocycles. The van der Waals surface area contributed by atoms with Crippen LogP contribution in [0.2, 0.25) is 0 Å². The first-order valence-corrected chi connectivity index (χ1v) is 9.69. The normalized spacial score (nSPS) is 12.5. The second-order valence-electron chi connectivity index (χ2n) is 6.45. The number of aromatic nitrogens is 2. The van der Waals surface area contributed by atoms with Gasteiger partial charge in [-0.25, -0.2) is 9.97 Å². The van der Waals surface area contributed by atoms with Crippen LogP contribution >= 0.6 is 11.3 Å². The van der Waals surface area contributed by atoms with Gasteiger partial charge in [-0.3, -0.25) is 0 Å². The minimum Gasteiger partial charge on any atom is -0.454 e. The molecule has 0 bridgehead atoms. The molecule has 7 heteroatoms. The Morgan fingerprint density at radius 2 is 1.93 bits per heavy atom. The third kappa shape index (κ3) is 3.15. The molecule has 0 unspecified atom stereocenters. The van der Waals surface area contributed by atoms with Gasteiger partial charge in [0.1, 0.15) is 12.1 Å². The van der Waals surface area contributed by atoms with Crippen LogP contribution in [0.15, 0.2) is 54.9 Å². The highest BCUT2D eigenvalue weighted by molar-refractivity contribution is 7.22. The van der Waals surface area contributed by atoms with Crippen molar-refractivity contribution in [1.29, 1.82) is 0 Å². The summed E-state index contributed by atoms with van der Waals surface area (Å²) < 4.78 is 11.8. The monoisotopic (exact) mass is 391 g/mol. The summed E-state index contributed by atoms with van der Waals surface area (Å²) in [4.78, 5) is 9.93. The number of fused-ring (bicyclic) bond motifs is 2. The summed E-state index contributed by atoms with van der Waals surface area (Å²) in [5.41, 5.74) is 3.94. The van der Waals surface area contributed by atoms with Gasteiger partial charge in [0, 0.05) is 11.4 Å². The molecule has 5 rings (SSSR count). The number of aliphatic hydroxyl groups excluding tert-OH is 1. The van der Waals surface area contributed by atoms with Gasteiger partial charge in [-0.2, -0.15) is 0 Å². The molecule has 2 aromatic heterocycles. The molecular weight excluding hydrogens is 374 g/mol. The molecule has 6 nitrogen and oxygen atoms in total. The Hall–Kier alpha value is -3.16. The van der Waals surface area contributed by atoms with Crippen LogP contribution in [0.1, 0.15) is 11.1 Å². The van der Waals surface area contributed by atoms with E-state index in [-0.39, 0.29) is 13.4 Å². The summed E-state index contributed by atoms with van der Waals surface area (Å²) in [6.07, 6.45) is 1.57. The van der Waals surface area contributed by atoms with E-state index in [1.165, 1.54) is 0 Å². The maximum Gasteiger partial charge on any atom is 0.231 e. The van der Waals surface area contributed by atoms with E-state index in [4.69, 9.17) is 9.47 Å². The Morgan fingerprint density at radius 3 is 2.86 bits per heavy atom. The summed E-state index contributed by atoms with van der Waals surface area (Å²) in [7, 11) is 0. The molecule has 0 saturated heterocycles. The van der Waals surface area contributed by atoms with E-state index in [9.17, 15) is 5.11 Å².